The molecule has 1 heterocycles. The van der Waals surface area contributed by atoms with Crippen molar-refractivity contribution in [3.05, 3.63) is 17.8 Å². The van der Waals surface area contributed by atoms with E-state index in [1.165, 1.54) is 19.3 Å². The second-order valence-electron chi connectivity index (χ2n) is 6.95. The van der Waals surface area contributed by atoms with Gasteiger partial charge in [0.15, 0.2) is 0 Å². The summed E-state index contributed by atoms with van der Waals surface area (Å²) in [5.41, 5.74) is 0.385. The fourth-order valence-corrected chi connectivity index (χ4v) is 2.50. The summed E-state index contributed by atoms with van der Waals surface area (Å²) in [5, 5.41) is 3.42. The quantitative estimate of drug-likeness (QED) is 0.839. The molecule has 18 heavy (non-hydrogen) atoms. The van der Waals surface area contributed by atoms with E-state index in [-0.39, 0.29) is 0 Å². The van der Waals surface area contributed by atoms with Crippen molar-refractivity contribution in [2.24, 2.45) is 11.3 Å². The van der Waals surface area contributed by atoms with Gasteiger partial charge in [-0.15, -0.1) is 0 Å². The van der Waals surface area contributed by atoms with Gasteiger partial charge in [-0.3, -0.25) is 0 Å². The van der Waals surface area contributed by atoms with Crippen LogP contribution in [0.1, 0.15) is 58.6 Å². The molecule has 102 valence electrons. The van der Waals surface area contributed by atoms with E-state index in [1.54, 1.807) is 0 Å². The maximum atomic E-state index is 5.77. The van der Waals surface area contributed by atoms with Gasteiger partial charge in [0.1, 0.15) is 5.76 Å². The van der Waals surface area contributed by atoms with Crippen molar-refractivity contribution in [2.45, 2.75) is 66.0 Å². The molecular weight excluding hydrogens is 224 g/mol. The van der Waals surface area contributed by atoms with Gasteiger partial charge in [-0.25, -0.2) is 4.98 Å². The van der Waals surface area contributed by atoms with Gasteiger partial charge in [0.05, 0.1) is 12.7 Å². The fraction of sp³-hybridized carbons (Fsp3) is 0.800. The highest BCUT2D eigenvalue weighted by atomic mass is 16.4. The van der Waals surface area contributed by atoms with Crippen molar-refractivity contribution in [3.8, 4) is 0 Å². The summed E-state index contributed by atoms with van der Waals surface area (Å²) in [7, 11) is 0. The third kappa shape index (κ3) is 4.81. The number of nitrogens with one attached hydrogen (secondary N) is 1. The zero-order valence-corrected chi connectivity index (χ0v) is 12.1. The van der Waals surface area contributed by atoms with E-state index < -0.39 is 0 Å². The van der Waals surface area contributed by atoms with E-state index in [0.717, 1.165) is 24.6 Å². The Morgan fingerprint density at radius 1 is 1.44 bits per heavy atom. The minimum atomic E-state index is 0.385. The van der Waals surface area contributed by atoms with Crippen molar-refractivity contribution >= 4 is 0 Å². The summed E-state index contributed by atoms with van der Waals surface area (Å²) >= 11 is 0. The molecule has 0 spiro atoms. The van der Waals surface area contributed by atoms with Crippen LogP contribution in [0.15, 0.2) is 10.6 Å². The number of nitrogens with zero attached hydrogens (tertiary/aromatic N) is 1. The molecule has 1 unspecified atom stereocenters. The molecule has 0 saturated heterocycles. The molecule has 1 fully saturated rings. The van der Waals surface area contributed by atoms with Crippen LogP contribution in [0.3, 0.4) is 0 Å². The highest BCUT2D eigenvalue weighted by Gasteiger charge is 2.21. The molecule has 1 N–H and O–H groups in total. The standard InChI is InChI=1S/C15H26N2O/c1-11(8-15(2,3)4)7-13-9-17-14(18-13)10-16-12-5-6-12/h9,11-12,16H,5-8,10H2,1-4H3. The number of hydrogen-bond acceptors (Lipinski definition) is 3. The molecule has 2 rings (SSSR count). The monoisotopic (exact) mass is 250 g/mol. The first-order chi connectivity index (χ1) is 8.42. The summed E-state index contributed by atoms with van der Waals surface area (Å²) in [6.07, 6.45) is 6.70. The summed E-state index contributed by atoms with van der Waals surface area (Å²) < 4.78 is 5.77. The number of oxazole rings is 1. The van der Waals surface area contributed by atoms with Crippen LogP contribution in [0.5, 0.6) is 0 Å². The third-order valence-corrected chi connectivity index (χ3v) is 3.23. The molecular formula is C15H26N2O. The predicted molar refractivity (Wildman–Crippen MR) is 73.3 cm³/mol. The van der Waals surface area contributed by atoms with Crippen LogP contribution in [0.4, 0.5) is 0 Å². The average molecular weight is 250 g/mol. The Morgan fingerprint density at radius 3 is 2.78 bits per heavy atom. The normalized spacial score (nSPS) is 18.0. The lowest BCUT2D eigenvalue weighted by atomic mass is 9.84. The van der Waals surface area contributed by atoms with Crippen molar-refractivity contribution in [1.82, 2.24) is 10.3 Å². The summed E-state index contributed by atoms with van der Waals surface area (Å²) in [4.78, 5) is 4.34. The Hall–Kier alpha value is -0.830. The SMILES string of the molecule is CC(Cc1cnc(CNC2CC2)o1)CC(C)(C)C. The molecule has 3 nitrogen and oxygen atoms in total. The molecule has 0 aliphatic heterocycles. The molecule has 1 saturated carbocycles. The lowest BCUT2D eigenvalue weighted by Gasteiger charge is -2.22. The van der Waals surface area contributed by atoms with E-state index in [2.05, 4.69) is 38.0 Å². The summed E-state index contributed by atoms with van der Waals surface area (Å²) in [6, 6.07) is 0.708. The van der Waals surface area contributed by atoms with E-state index in [4.69, 9.17) is 4.42 Å². The van der Waals surface area contributed by atoms with E-state index in [1.807, 2.05) is 6.20 Å². The Bertz CT molecular complexity index is 374. The Balaban J connectivity index is 1.77. The average Bonchev–Trinajstić information content (AvgIpc) is 2.94. The maximum absolute atomic E-state index is 5.77. The lowest BCUT2D eigenvalue weighted by molar-refractivity contribution is 0.293. The highest BCUT2D eigenvalue weighted by Crippen LogP contribution is 2.26. The van der Waals surface area contributed by atoms with Crippen molar-refractivity contribution < 1.29 is 4.42 Å². The molecule has 3 heteroatoms. The van der Waals surface area contributed by atoms with Gasteiger partial charge in [0.25, 0.3) is 0 Å². The Kier molecular flexibility index (Phi) is 4.10. The van der Waals surface area contributed by atoms with Gasteiger partial charge in [-0.2, -0.15) is 0 Å². The van der Waals surface area contributed by atoms with Gasteiger partial charge in [0.2, 0.25) is 5.89 Å². The minimum Gasteiger partial charge on any atom is -0.444 e. The summed E-state index contributed by atoms with van der Waals surface area (Å²) in [5.74, 6) is 2.50. The Morgan fingerprint density at radius 2 is 2.17 bits per heavy atom. The smallest absolute Gasteiger partial charge is 0.208 e. The summed E-state index contributed by atoms with van der Waals surface area (Å²) in [6.45, 7) is 9.92. The number of aromatic nitrogens is 1. The topological polar surface area (TPSA) is 38.1 Å². The van der Waals surface area contributed by atoms with Gasteiger partial charge >= 0.3 is 0 Å². The maximum Gasteiger partial charge on any atom is 0.208 e. The van der Waals surface area contributed by atoms with Gasteiger partial charge in [0, 0.05) is 12.5 Å². The third-order valence-electron chi connectivity index (χ3n) is 3.23. The first-order valence-electron chi connectivity index (χ1n) is 7.09. The molecule has 0 radical (unpaired) electrons. The van der Waals surface area contributed by atoms with Crippen LogP contribution in [0.25, 0.3) is 0 Å². The van der Waals surface area contributed by atoms with Gasteiger partial charge < -0.3 is 9.73 Å². The first-order valence-corrected chi connectivity index (χ1v) is 7.09. The number of hydrogen-bond donors (Lipinski definition) is 1. The second-order valence-corrected chi connectivity index (χ2v) is 6.95. The van der Waals surface area contributed by atoms with Crippen LogP contribution in [0.2, 0.25) is 0 Å². The zero-order valence-electron chi connectivity index (χ0n) is 12.1. The van der Waals surface area contributed by atoms with Crippen LogP contribution in [0, 0.1) is 11.3 Å². The van der Waals surface area contributed by atoms with E-state index >= 15 is 0 Å². The van der Waals surface area contributed by atoms with Crippen molar-refractivity contribution in [3.63, 3.8) is 0 Å². The predicted octanol–water partition coefficient (Wildman–Crippen LogP) is 3.54. The van der Waals surface area contributed by atoms with Gasteiger partial charge in [-0.1, -0.05) is 27.7 Å². The van der Waals surface area contributed by atoms with Crippen LogP contribution < -0.4 is 5.32 Å². The molecule has 1 atom stereocenters. The second kappa shape index (κ2) is 5.43. The molecule has 0 bridgehead atoms. The van der Waals surface area contributed by atoms with Crippen molar-refractivity contribution in [1.29, 1.82) is 0 Å². The van der Waals surface area contributed by atoms with Crippen LogP contribution in [-0.4, -0.2) is 11.0 Å². The molecule has 1 aromatic heterocycles. The largest absolute Gasteiger partial charge is 0.444 e. The van der Waals surface area contributed by atoms with Crippen LogP contribution in [-0.2, 0) is 13.0 Å². The van der Waals surface area contributed by atoms with E-state index in [9.17, 15) is 0 Å². The fourth-order valence-electron chi connectivity index (χ4n) is 2.50. The van der Waals surface area contributed by atoms with E-state index in [0.29, 0.717) is 17.4 Å². The zero-order chi connectivity index (χ0) is 13.2. The highest BCUT2D eigenvalue weighted by molar-refractivity contribution is 4.96. The van der Waals surface area contributed by atoms with Gasteiger partial charge in [-0.05, 0) is 30.6 Å². The molecule has 0 amide bonds. The minimum absolute atomic E-state index is 0.385. The Labute approximate surface area is 110 Å². The molecule has 1 aliphatic rings. The molecule has 1 aliphatic carbocycles. The number of rotatable bonds is 6. The first kappa shape index (κ1) is 13.6. The lowest BCUT2D eigenvalue weighted by Crippen LogP contribution is -2.15. The molecule has 0 aromatic carbocycles. The van der Waals surface area contributed by atoms with Crippen molar-refractivity contribution in [2.75, 3.05) is 0 Å². The van der Waals surface area contributed by atoms with Crippen LogP contribution >= 0.6 is 0 Å². The molecule has 1 aromatic rings.